The Morgan fingerprint density at radius 2 is 2.00 bits per heavy atom. The summed E-state index contributed by atoms with van der Waals surface area (Å²) in [6.07, 6.45) is -1.70. The number of carboxylic acid groups (broad SMARTS) is 2. The number of nitriles is 1. The minimum Gasteiger partial charge on any atom is -0.480 e. The minimum atomic E-state index is -1.70. The van der Waals surface area contributed by atoms with E-state index in [1.165, 1.54) is 6.07 Å². The summed E-state index contributed by atoms with van der Waals surface area (Å²) < 4.78 is 4.41. The number of carboxylic acids is 2. The van der Waals surface area contributed by atoms with Crippen LogP contribution < -0.4 is 5.73 Å². The summed E-state index contributed by atoms with van der Waals surface area (Å²) in [6.45, 7) is -0.516. The van der Waals surface area contributed by atoms with E-state index in [-0.39, 0.29) is 0 Å². The molecular formula is C6H8N2O5. The van der Waals surface area contributed by atoms with Crippen LogP contribution in [0.1, 0.15) is 0 Å². The molecule has 7 nitrogen and oxygen atoms in total. The summed E-state index contributed by atoms with van der Waals surface area (Å²) in [5, 5.41) is 24.9. The molecule has 0 aromatic carbocycles. The van der Waals surface area contributed by atoms with Crippen molar-refractivity contribution >= 4 is 11.9 Å². The summed E-state index contributed by atoms with van der Waals surface area (Å²) in [5.74, 6) is -3.00. The van der Waals surface area contributed by atoms with E-state index in [1.807, 2.05) is 0 Å². The Morgan fingerprint density at radius 3 is 2.31 bits per heavy atom. The van der Waals surface area contributed by atoms with Gasteiger partial charge in [0.2, 0.25) is 0 Å². The Hall–Kier alpha value is -1.65. The van der Waals surface area contributed by atoms with Crippen molar-refractivity contribution in [2.24, 2.45) is 5.73 Å². The molecule has 7 heteroatoms. The zero-order valence-electron chi connectivity index (χ0n) is 6.51. The van der Waals surface area contributed by atoms with E-state index < -0.39 is 30.7 Å². The van der Waals surface area contributed by atoms with Gasteiger partial charge in [0, 0.05) is 0 Å². The highest BCUT2D eigenvalue weighted by Crippen LogP contribution is 1.98. The van der Waals surface area contributed by atoms with Crippen molar-refractivity contribution in [1.82, 2.24) is 0 Å². The molecule has 0 heterocycles. The zero-order valence-corrected chi connectivity index (χ0v) is 6.51. The fourth-order valence-electron chi connectivity index (χ4n) is 0.585. The summed E-state index contributed by atoms with van der Waals surface area (Å²) in [5.41, 5.74) is 4.99. The Labute approximate surface area is 73.3 Å². The normalized spacial score (nSPS) is 14.2. The van der Waals surface area contributed by atoms with Crippen molar-refractivity contribution in [2.75, 3.05) is 6.61 Å². The highest BCUT2D eigenvalue weighted by atomic mass is 16.5. The van der Waals surface area contributed by atoms with Crippen molar-refractivity contribution in [3.8, 4) is 6.07 Å². The predicted octanol–water partition coefficient (Wildman–Crippen LogP) is -1.61. The van der Waals surface area contributed by atoms with Crippen molar-refractivity contribution < 1.29 is 24.5 Å². The lowest BCUT2D eigenvalue weighted by Crippen LogP contribution is -2.47. The Bertz CT molecular complexity index is 246. The van der Waals surface area contributed by atoms with Gasteiger partial charge in [0.1, 0.15) is 12.6 Å². The Kier molecular flexibility index (Phi) is 4.43. The lowest BCUT2D eigenvalue weighted by molar-refractivity contribution is -0.158. The Morgan fingerprint density at radius 1 is 1.46 bits per heavy atom. The van der Waals surface area contributed by atoms with Crippen LogP contribution in [0.25, 0.3) is 0 Å². The highest BCUT2D eigenvalue weighted by molar-refractivity contribution is 5.84. The van der Waals surface area contributed by atoms with E-state index in [2.05, 4.69) is 4.74 Å². The topological polar surface area (TPSA) is 134 Å². The van der Waals surface area contributed by atoms with Crippen molar-refractivity contribution in [3.63, 3.8) is 0 Å². The summed E-state index contributed by atoms with van der Waals surface area (Å²) in [6, 6.07) is -0.162. The van der Waals surface area contributed by atoms with Gasteiger partial charge in [0.25, 0.3) is 0 Å². The van der Waals surface area contributed by atoms with Crippen LogP contribution >= 0.6 is 0 Å². The number of nitrogens with zero attached hydrogens (tertiary/aromatic N) is 1. The Balaban J connectivity index is 4.34. The fourth-order valence-corrected chi connectivity index (χ4v) is 0.585. The molecule has 0 saturated carbocycles. The monoisotopic (exact) mass is 188 g/mol. The van der Waals surface area contributed by atoms with Gasteiger partial charge < -0.3 is 20.7 Å². The average Bonchev–Trinajstić information content (AvgIpc) is 2.04. The fraction of sp³-hybridized carbons (Fsp3) is 0.500. The number of hydrogen-bond acceptors (Lipinski definition) is 5. The number of hydrogen-bond donors (Lipinski definition) is 3. The molecule has 0 aromatic rings. The number of nitrogens with two attached hydrogens (primary N) is 1. The van der Waals surface area contributed by atoms with E-state index in [1.54, 1.807) is 0 Å². The number of carbonyl (C=O) groups is 2. The first-order chi connectivity index (χ1) is 6.00. The molecule has 2 atom stereocenters. The van der Waals surface area contributed by atoms with Crippen LogP contribution in [-0.2, 0) is 14.3 Å². The van der Waals surface area contributed by atoms with E-state index in [9.17, 15) is 9.59 Å². The van der Waals surface area contributed by atoms with Gasteiger partial charge in [-0.15, -0.1) is 0 Å². The molecule has 0 unspecified atom stereocenters. The number of aliphatic carboxylic acids is 2. The zero-order chi connectivity index (χ0) is 10.4. The summed E-state index contributed by atoms with van der Waals surface area (Å²) in [7, 11) is 0. The molecule has 72 valence electrons. The van der Waals surface area contributed by atoms with Gasteiger partial charge in [-0.05, 0) is 0 Å². The lowest BCUT2D eigenvalue weighted by Gasteiger charge is -2.14. The average molecular weight is 188 g/mol. The third kappa shape index (κ3) is 3.50. The van der Waals surface area contributed by atoms with Crippen molar-refractivity contribution in [1.29, 1.82) is 5.26 Å². The molecule has 0 fully saturated rings. The van der Waals surface area contributed by atoms with Gasteiger partial charge in [-0.1, -0.05) is 0 Å². The van der Waals surface area contributed by atoms with Crippen LogP contribution in [0.3, 0.4) is 0 Å². The van der Waals surface area contributed by atoms with Gasteiger partial charge in [-0.2, -0.15) is 5.26 Å². The smallest absolute Gasteiger partial charge is 0.335 e. The first-order valence-corrected chi connectivity index (χ1v) is 3.20. The molecule has 0 aliphatic heterocycles. The van der Waals surface area contributed by atoms with E-state index >= 15 is 0 Å². The van der Waals surface area contributed by atoms with Gasteiger partial charge in [-0.25, -0.2) is 4.79 Å². The quantitative estimate of drug-likeness (QED) is 0.472. The van der Waals surface area contributed by atoms with Crippen LogP contribution in [0, 0.1) is 11.3 Å². The molecule has 0 saturated heterocycles. The maximum atomic E-state index is 10.4. The van der Waals surface area contributed by atoms with Crippen LogP contribution in [0.2, 0.25) is 0 Å². The first-order valence-electron chi connectivity index (χ1n) is 3.20. The largest absolute Gasteiger partial charge is 0.480 e. The first kappa shape index (κ1) is 11.4. The third-order valence-electron chi connectivity index (χ3n) is 1.18. The van der Waals surface area contributed by atoms with Crippen molar-refractivity contribution in [2.45, 2.75) is 12.1 Å². The molecule has 0 aliphatic carbocycles. The summed E-state index contributed by atoms with van der Waals surface area (Å²) in [4.78, 5) is 20.6. The van der Waals surface area contributed by atoms with Crippen LogP contribution in [0.5, 0.6) is 0 Å². The van der Waals surface area contributed by atoms with Crippen molar-refractivity contribution in [3.05, 3.63) is 0 Å². The second-order valence-electron chi connectivity index (χ2n) is 2.09. The van der Waals surface area contributed by atoms with Crippen LogP contribution in [-0.4, -0.2) is 40.9 Å². The van der Waals surface area contributed by atoms with E-state index in [0.717, 1.165) is 0 Å². The second-order valence-corrected chi connectivity index (χ2v) is 2.09. The molecule has 0 rings (SSSR count). The SMILES string of the molecule is N#CCO[C@H](C(=O)O)[C@@H](N)C(=O)O. The predicted molar refractivity (Wildman–Crippen MR) is 38.6 cm³/mol. The van der Waals surface area contributed by atoms with Gasteiger partial charge in [0.05, 0.1) is 6.07 Å². The van der Waals surface area contributed by atoms with Gasteiger partial charge in [0.15, 0.2) is 6.10 Å². The molecule has 0 amide bonds. The molecule has 4 N–H and O–H groups in total. The maximum Gasteiger partial charge on any atom is 0.335 e. The molecule has 13 heavy (non-hydrogen) atoms. The van der Waals surface area contributed by atoms with Gasteiger partial charge >= 0.3 is 11.9 Å². The molecule has 0 aliphatic rings. The molecular weight excluding hydrogens is 180 g/mol. The molecule has 0 radical (unpaired) electrons. The molecule has 0 spiro atoms. The highest BCUT2D eigenvalue weighted by Gasteiger charge is 2.31. The van der Waals surface area contributed by atoms with Gasteiger partial charge in [-0.3, -0.25) is 4.79 Å². The minimum absolute atomic E-state index is 0.516. The molecule has 0 aromatic heterocycles. The number of rotatable bonds is 5. The van der Waals surface area contributed by atoms with Crippen LogP contribution in [0.15, 0.2) is 0 Å². The van der Waals surface area contributed by atoms with E-state index in [4.69, 9.17) is 21.2 Å². The standard InChI is InChI=1S/C6H8N2O5/c7-1-2-13-4(6(11)12)3(8)5(9)10/h3-4H,2,8H2,(H,9,10)(H,11,12)/t3-,4+/m1/s1. The lowest BCUT2D eigenvalue weighted by atomic mass is 10.2. The maximum absolute atomic E-state index is 10.4. The summed E-state index contributed by atoms with van der Waals surface area (Å²) >= 11 is 0. The molecule has 0 bridgehead atoms. The van der Waals surface area contributed by atoms with Crippen LogP contribution in [0.4, 0.5) is 0 Å². The van der Waals surface area contributed by atoms with E-state index in [0.29, 0.717) is 0 Å². The second kappa shape index (κ2) is 5.08. The number of ether oxygens (including phenoxy) is 1. The third-order valence-corrected chi connectivity index (χ3v) is 1.18.